The highest BCUT2D eigenvalue weighted by Gasteiger charge is 2.31. The number of esters is 2. The number of carboxylic acids is 1. The van der Waals surface area contributed by atoms with E-state index in [2.05, 4.69) is 74.6 Å². The second-order valence-electron chi connectivity index (χ2n) is 19.8. The van der Waals surface area contributed by atoms with E-state index in [9.17, 15) is 19.5 Å². The van der Waals surface area contributed by atoms with Gasteiger partial charge in [0.2, 0.25) is 0 Å². The first-order chi connectivity index (χ1) is 32.6. The monoisotopic (exact) mass is 941 g/mol. The topological polar surface area (TPSA) is 99.1 Å². The standard InChI is InChI=1S/C59H105NO7/c1-6-8-10-12-14-16-18-20-22-24-26-28-29-30-32-33-35-37-39-41-43-45-47-49-57(61)66-54-55(53-65-52-51-56(59(63)64)60(3,4)5)67-58(62)50-48-46-44-42-40-38-36-34-31-27-25-23-21-19-17-15-13-11-9-7-2/h9,11,15,17,21,23,26,28,30,32,55-56H,6-8,10,12-14,16,18-20,22,24-25,27,29,31,33-54H2,1-5H3/p+1/b11-9+,17-15+,23-21+,28-26+,32-30+. The average molecular weight is 941 g/mol. The van der Waals surface area contributed by atoms with Crippen molar-refractivity contribution in [3.63, 3.8) is 0 Å². The minimum absolute atomic E-state index is 0.0561. The molecule has 0 fully saturated rings. The van der Waals surface area contributed by atoms with Gasteiger partial charge in [-0.25, -0.2) is 4.79 Å². The summed E-state index contributed by atoms with van der Waals surface area (Å²) in [4.78, 5) is 37.3. The van der Waals surface area contributed by atoms with Crippen LogP contribution in [-0.4, -0.2) is 80.6 Å². The van der Waals surface area contributed by atoms with Crippen molar-refractivity contribution in [2.75, 3.05) is 41.0 Å². The van der Waals surface area contributed by atoms with E-state index in [0.717, 1.165) is 70.6 Å². The third-order valence-electron chi connectivity index (χ3n) is 12.4. The molecule has 0 aromatic rings. The highest BCUT2D eigenvalue weighted by atomic mass is 16.6. The van der Waals surface area contributed by atoms with Gasteiger partial charge in [0, 0.05) is 19.3 Å². The highest BCUT2D eigenvalue weighted by molar-refractivity contribution is 5.72. The minimum Gasteiger partial charge on any atom is -0.477 e. The summed E-state index contributed by atoms with van der Waals surface area (Å²) < 4.78 is 17.4. The number of aliphatic carboxylic acids is 1. The van der Waals surface area contributed by atoms with Crippen LogP contribution in [0.4, 0.5) is 0 Å². The van der Waals surface area contributed by atoms with Crippen LogP contribution in [0.3, 0.4) is 0 Å². The Kier molecular flexibility index (Phi) is 47.3. The summed E-state index contributed by atoms with van der Waals surface area (Å²) in [6, 6.07) is -0.619. The first-order valence-corrected chi connectivity index (χ1v) is 27.8. The Balaban J connectivity index is 4.21. The Bertz CT molecular complexity index is 1280. The molecule has 0 heterocycles. The van der Waals surface area contributed by atoms with E-state index in [1.54, 1.807) is 0 Å². The quantitative estimate of drug-likeness (QED) is 0.0281. The maximum Gasteiger partial charge on any atom is 0.362 e. The lowest BCUT2D eigenvalue weighted by atomic mass is 10.0. The van der Waals surface area contributed by atoms with Crippen LogP contribution in [0.2, 0.25) is 0 Å². The van der Waals surface area contributed by atoms with E-state index in [1.165, 1.54) is 141 Å². The SMILES string of the molecule is CC/C=C/C/C=C/C/C=C/CCCCCCCCCCCCC(=O)OC(COCCC(C(=O)O)[N+](C)(C)C)COC(=O)CCCCCCCCC/C=C/C/C=C/CCCCCCCCCCC. The molecule has 8 heteroatoms. The van der Waals surface area contributed by atoms with E-state index in [-0.39, 0.29) is 36.2 Å². The van der Waals surface area contributed by atoms with Crippen LogP contribution >= 0.6 is 0 Å². The Morgan fingerprint density at radius 2 is 0.836 bits per heavy atom. The summed E-state index contributed by atoms with van der Waals surface area (Å²) in [5, 5.41) is 9.67. The lowest BCUT2D eigenvalue weighted by Gasteiger charge is -2.31. The Morgan fingerprint density at radius 1 is 0.463 bits per heavy atom. The Morgan fingerprint density at radius 3 is 1.24 bits per heavy atom. The summed E-state index contributed by atoms with van der Waals surface area (Å²) >= 11 is 0. The van der Waals surface area contributed by atoms with E-state index in [4.69, 9.17) is 14.2 Å². The predicted molar refractivity (Wildman–Crippen MR) is 284 cm³/mol. The Hall–Kier alpha value is -2.97. The van der Waals surface area contributed by atoms with Crippen LogP contribution in [0.5, 0.6) is 0 Å². The van der Waals surface area contributed by atoms with Crippen molar-refractivity contribution in [2.24, 2.45) is 0 Å². The Labute approximate surface area is 413 Å². The van der Waals surface area contributed by atoms with Gasteiger partial charge in [0.1, 0.15) is 6.61 Å². The molecular weight excluding hydrogens is 835 g/mol. The lowest BCUT2D eigenvalue weighted by Crippen LogP contribution is -2.50. The number of carbonyl (C=O) groups is 3. The van der Waals surface area contributed by atoms with Gasteiger partial charge in [-0.2, -0.15) is 0 Å². The van der Waals surface area contributed by atoms with Crippen LogP contribution in [0, 0.1) is 0 Å². The molecule has 388 valence electrons. The number of hydrogen-bond acceptors (Lipinski definition) is 6. The van der Waals surface area contributed by atoms with Crippen molar-refractivity contribution in [1.82, 2.24) is 0 Å². The van der Waals surface area contributed by atoms with Crippen molar-refractivity contribution in [3.05, 3.63) is 60.8 Å². The predicted octanol–water partition coefficient (Wildman–Crippen LogP) is 16.5. The van der Waals surface area contributed by atoms with Crippen LogP contribution < -0.4 is 0 Å². The molecule has 0 radical (unpaired) electrons. The third-order valence-corrected chi connectivity index (χ3v) is 12.4. The van der Waals surface area contributed by atoms with E-state index >= 15 is 0 Å². The summed E-state index contributed by atoms with van der Waals surface area (Å²) in [5.41, 5.74) is 0. The summed E-state index contributed by atoms with van der Waals surface area (Å²) in [6.07, 6.45) is 62.8. The van der Waals surface area contributed by atoms with E-state index in [0.29, 0.717) is 19.3 Å². The number of rotatable bonds is 50. The molecule has 0 spiro atoms. The van der Waals surface area contributed by atoms with E-state index in [1.807, 2.05) is 21.1 Å². The number of nitrogens with zero attached hydrogens (tertiary/aromatic N) is 1. The molecule has 0 amide bonds. The molecule has 2 atom stereocenters. The van der Waals surface area contributed by atoms with Gasteiger partial charge in [-0.05, 0) is 77.0 Å². The van der Waals surface area contributed by atoms with Crippen LogP contribution in [0.25, 0.3) is 0 Å². The number of unbranched alkanes of at least 4 members (excludes halogenated alkanes) is 26. The highest BCUT2D eigenvalue weighted by Crippen LogP contribution is 2.16. The molecular formula is C59H106NO7+. The molecule has 0 aliphatic rings. The molecule has 67 heavy (non-hydrogen) atoms. The van der Waals surface area contributed by atoms with Gasteiger partial charge < -0.3 is 23.8 Å². The fourth-order valence-electron chi connectivity index (χ4n) is 8.14. The second-order valence-corrected chi connectivity index (χ2v) is 19.8. The van der Waals surface area contributed by atoms with Crippen molar-refractivity contribution in [1.29, 1.82) is 0 Å². The second kappa shape index (κ2) is 49.5. The number of carbonyl (C=O) groups excluding carboxylic acids is 2. The fourth-order valence-corrected chi connectivity index (χ4v) is 8.14. The van der Waals surface area contributed by atoms with E-state index < -0.39 is 18.1 Å². The molecule has 0 rings (SSSR count). The summed E-state index contributed by atoms with van der Waals surface area (Å²) in [7, 11) is 5.54. The normalized spacial score (nSPS) is 13.3. The zero-order chi connectivity index (χ0) is 49.2. The molecule has 0 bridgehead atoms. The van der Waals surface area contributed by atoms with Gasteiger partial charge >= 0.3 is 17.9 Å². The molecule has 2 unspecified atom stereocenters. The van der Waals surface area contributed by atoms with Gasteiger partial charge in [-0.15, -0.1) is 0 Å². The molecule has 0 saturated heterocycles. The van der Waals surface area contributed by atoms with Crippen LogP contribution in [-0.2, 0) is 28.6 Å². The van der Waals surface area contributed by atoms with Crippen LogP contribution in [0.15, 0.2) is 60.8 Å². The van der Waals surface area contributed by atoms with Gasteiger partial charge in [0.15, 0.2) is 12.1 Å². The minimum atomic E-state index is -0.876. The molecule has 0 aliphatic heterocycles. The van der Waals surface area contributed by atoms with Crippen molar-refractivity contribution < 1.29 is 38.2 Å². The van der Waals surface area contributed by atoms with Gasteiger partial charge in [0.25, 0.3) is 0 Å². The molecule has 0 saturated carbocycles. The molecule has 1 N–H and O–H groups in total. The van der Waals surface area contributed by atoms with Gasteiger partial charge in [0.05, 0.1) is 34.4 Å². The number of likely N-dealkylation sites (N-methyl/N-ethyl adjacent to an activating group) is 1. The third kappa shape index (κ3) is 47.9. The maximum absolute atomic E-state index is 12.8. The summed E-state index contributed by atoms with van der Waals surface area (Å²) in [5.74, 6) is -1.48. The number of carboxylic acid groups (broad SMARTS) is 1. The number of ether oxygens (including phenoxy) is 3. The lowest BCUT2D eigenvalue weighted by molar-refractivity contribution is -0.887. The molecule has 0 aliphatic carbocycles. The number of hydrogen-bond donors (Lipinski definition) is 1. The largest absolute Gasteiger partial charge is 0.477 e. The zero-order valence-electron chi connectivity index (χ0n) is 44.3. The number of allylic oxidation sites excluding steroid dienone is 10. The van der Waals surface area contributed by atoms with Crippen molar-refractivity contribution in [3.8, 4) is 0 Å². The van der Waals surface area contributed by atoms with Gasteiger partial charge in [-0.3, -0.25) is 9.59 Å². The number of quaternary nitrogens is 1. The maximum atomic E-state index is 12.8. The van der Waals surface area contributed by atoms with Crippen LogP contribution in [0.1, 0.15) is 245 Å². The molecule has 8 nitrogen and oxygen atoms in total. The van der Waals surface area contributed by atoms with Crippen molar-refractivity contribution >= 4 is 17.9 Å². The van der Waals surface area contributed by atoms with Gasteiger partial charge in [-0.1, -0.05) is 209 Å². The molecule has 0 aromatic heterocycles. The van der Waals surface area contributed by atoms with Crippen molar-refractivity contribution in [2.45, 2.75) is 257 Å². The smallest absolute Gasteiger partial charge is 0.362 e. The first kappa shape index (κ1) is 64.0. The fraction of sp³-hybridized carbons (Fsp3) is 0.780. The average Bonchev–Trinajstić information content (AvgIpc) is 3.29. The first-order valence-electron chi connectivity index (χ1n) is 27.8. The summed E-state index contributed by atoms with van der Waals surface area (Å²) in [6.45, 7) is 4.64. The molecule has 0 aromatic carbocycles. The zero-order valence-corrected chi connectivity index (χ0v) is 44.3.